The molecule has 0 bridgehead atoms. The van der Waals surface area contributed by atoms with E-state index < -0.39 is 9.84 Å². The minimum Gasteiger partial charge on any atom is -0.352 e. The Kier molecular flexibility index (Phi) is 3.41. The van der Waals surface area contributed by atoms with E-state index in [1.165, 1.54) is 16.3 Å². The summed E-state index contributed by atoms with van der Waals surface area (Å²) in [5.41, 5.74) is 1.22. The second kappa shape index (κ2) is 5.34. The maximum atomic E-state index is 12.4. The average molecular weight is 329 g/mol. The van der Waals surface area contributed by atoms with Crippen molar-refractivity contribution >= 4 is 26.5 Å². The Balaban J connectivity index is 1.48. The highest BCUT2D eigenvalue weighted by molar-refractivity contribution is 7.91. The summed E-state index contributed by atoms with van der Waals surface area (Å²) in [5, 5.41) is 5.33. The fourth-order valence-corrected chi connectivity index (χ4v) is 5.29. The zero-order valence-corrected chi connectivity index (χ0v) is 13.6. The number of nitrogens with one attached hydrogen (secondary N) is 1. The zero-order chi connectivity index (χ0) is 16.0. The molecular weight excluding hydrogens is 310 g/mol. The Hall–Kier alpha value is -1.88. The Morgan fingerprint density at radius 1 is 1.09 bits per heavy atom. The van der Waals surface area contributed by atoms with Gasteiger partial charge in [-0.15, -0.1) is 0 Å². The number of benzene rings is 2. The molecule has 2 aromatic carbocycles. The average Bonchev–Trinajstić information content (AvgIpc) is 3.26. The topological polar surface area (TPSA) is 63.2 Å². The molecule has 1 heterocycles. The fraction of sp³-hybridized carbons (Fsp3) is 0.389. The minimum atomic E-state index is -2.96. The van der Waals surface area contributed by atoms with Gasteiger partial charge in [0.1, 0.15) is 0 Å². The van der Waals surface area contributed by atoms with Gasteiger partial charge in [-0.1, -0.05) is 42.5 Å². The molecule has 0 aromatic heterocycles. The van der Waals surface area contributed by atoms with E-state index in [9.17, 15) is 13.2 Å². The number of sulfone groups is 1. The van der Waals surface area contributed by atoms with Gasteiger partial charge in [-0.3, -0.25) is 4.79 Å². The first kappa shape index (κ1) is 14.7. The van der Waals surface area contributed by atoms with Crippen LogP contribution in [0.3, 0.4) is 0 Å². The van der Waals surface area contributed by atoms with Crippen molar-refractivity contribution in [2.75, 3.05) is 11.5 Å². The third-order valence-corrected chi connectivity index (χ3v) is 6.70. The van der Waals surface area contributed by atoms with Crippen molar-refractivity contribution in [2.24, 2.45) is 5.92 Å². The molecule has 1 aliphatic heterocycles. The summed E-state index contributed by atoms with van der Waals surface area (Å²) in [6.07, 6.45) is 1.39. The lowest BCUT2D eigenvalue weighted by atomic mass is 10.00. The second-order valence-corrected chi connectivity index (χ2v) is 8.85. The van der Waals surface area contributed by atoms with Crippen molar-refractivity contribution in [3.05, 3.63) is 48.0 Å². The van der Waals surface area contributed by atoms with Gasteiger partial charge in [0.25, 0.3) is 0 Å². The molecule has 0 unspecified atom stereocenters. The molecule has 2 fully saturated rings. The maximum absolute atomic E-state index is 12.4. The molecule has 1 N–H and O–H groups in total. The molecule has 1 amide bonds. The first-order valence-corrected chi connectivity index (χ1v) is 9.84. The van der Waals surface area contributed by atoms with E-state index in [1.54, 1.807) is 0 Å². The van der Waals surface area contributed by atoms with Gasteiger partial charge >= 0.3 is 0 Å². The van der Waals surface area contributed by atoms with E-state index in [1.807, 2.05) is 18.2 Å². The van der Waals surface area contributed by atoms with E-state index >= 15 is 0 Å². The lowest BCUT2D eigenvalue weighted by Crippen LogP contribution is -2.36. The number of rotatable bonds is 3. The van der Waals surface area contributed by atoms with Crippen LogP contribution in [0.15, 0.2) is 42.5 Å². The van der Waals surface area contributed by atoms with Crippen molar-refractivity contribution in [1.82, 2.24) is 5.32 Å². The van der Waals surface area contributed by atoms with Crippen LogP contribution in [0, 0.1) is 5.92 Å². The summed E-state index contributed by atoms with van der Waals surface area (Å²) in [5.74, 6) is 0.507. The molecule has 5 heteroatoms. The van der Waals surface area contributed by atoms with Gasteiger partial charge in [0.2, 0.25) is 5.91 Å². The molecule has 1 aliphatic carbocycles. The molecule has 4 nitrogen and oxygen atoms in total. The van der Waals surface area contributed by atoms with Gasteiger partial charge in [0.15, 0.2) is 9.84 Å². The minimum absolute atomic E-state index is 0.00466. The summed E-state index contributed by atoms with van der Waals surface area (Å²) >= 11 is 0. The van der Waals surface area contributed by atoms with E-state index in [2.05, 4.69) is 29.6 Å². The van der Waals surface area contributed by atoms with Crippen LogP contribution in [0.2, 0.25) is 0 Å². The van der Waals surface area contributed by atoms with Crippen molar-refractivity contribution in [3.63, 3.8) is 0 Å². The van der Waals surface area contributed by atoms with Crippen LogP contribution in [-0.4, -0.2) is 31.9 Å². The third-order valence-electron chi connectivity index (χ3n) is 4.93. The molecule has 0 radical (unpaired) electrons. The van der Waals surface area contributed by atoms with Crippen LogP contribution in [0.1, 0.15) is 24.3 Å². The van der Waals surface area contributed by atoms with E-state index in [0.717, 1.165) is 6.42 Å². The van der Waals surface area contributed by atoms with Crippen LogP contribution in [0.5, 0.6) is 0 Å². The second-order valence-electron chi connectivity index (χ2n) is 6.63. The van der Waals surface area contributed by atoms with Crippen LogP contribution >= 0.6 is 0 Å². The maximum Gasteiger partial charge on any atom is 0.223 e. The van der Waals surface area contributed by atoms with E-state index in [-0.39, 0.29) is 35.3 Å². The number of hydrogen-bond donors (Lipinski definition) is 1. The lowest BCUT2D eigenvalue weighted by molar-refractivity contribution is -0.122. The summed E-state index contributed by atoms with van der Waals surface area (Å²) in [4.78, 5) is 12.4. The smallest absolute Gasteiger partial charge is 0.223 e. The summed E-state index contributed by atoms with van der Waals surface area (Å²) in [6.45, 7) is 0. The van der Waals surface area contributed by atoms with Gasteiger partial charge < -0.3 is 5.32 Å². The van der Waals surface area contributed by atoms with Gasteiger partial charge in [-0.25, -0.2) is 8.42 Å². The van der Waals surface area contributed by atoms with Crippen LogP contribution in [0.25, 0.3) is 10.8 Å². The standard InChI is InChI=1S/C18H19NO3S/c20-18(19-13-8-9-23(21,22)11-13)17-10-16(17)15-7-3-5-12-4-1-2-6-14(12)15/h1-7,13,16-17H,8-11H2,(H,19,20)/t13-,16-,17+/m1/s1. The first-order chi connectivity index (χ1) is 11.0. The quantitative estimate of drug-likeness (QED) is 0.939. The highest BCUT2D eigenvalue weighted by atomic mass is 32.2. The third kappa shape index (κ3) is 2.85. The van der Waals surface area contributed by atoms with Crippen molar-refractivity contribution < 1.29 is 13.2 Å². The Labute approximate surface area is 135 Å². The van der Waals surface area contributed by atoms with Crippen LogP contribution < -0.4 is 5.32 Å². The molecule has 3 atom stereocenters. The SMILES string of the molecule is O=C(N[C@@H]1CCS(=O)(=O)C1)[C@H]1C[C@@H]1c1cccc2ccccc12. The molecule has 23 heavy (non-hydrogen) atoms. The van der Waals surface area contributed by atoms with Crippen LogP contribution in [-0.2, 0) is 14.6 Å². The summed E-state index contributed by atoms with van der Waals surface area (Å²) in [6, 6.07) is 14.2. The molecular formula is C18H19NO3S. The monoisotopic (exact) mass is 329 g/mol. The molecule has 1 saturated carbocycles. The molecule has 1 saturated heterocycles. The number of carbonyl (C=O) groups excluding carboxylic acids is 1. The Morgan fingerprint density at radius 3 is 2.65 bits per heavy atom. The Morgan fingerprint density at radius 2 is 1.87 bits per heavy atom. The van der Waals surface area contributed by atoms with Gasteiger partial charge in [-0.2, -0.15) is 0 Å². The van der Waals surface area contributed by atoms with Gasteiger partial charge in [0, 0.05) is 12.0 Å². The van der Waals surface area contributed by atoms with Crippen molar-refractivity contribution in [2.45, 2.75) is 24.8 Å². The molecule has 120 valence electrons. The zero-order valence-electron chi connectivity index (χ0n) is 12.7. The number of amides is 1. The summed E-state index contributed by atoms with van der Waals surface area (Å²) in [7, 11) is -2.96. The van der Waals surface area contributed by atoms with E-state index in [4.69, 9.17) is 0 Å². The predicted molar refractivity (Wildman–Crippen MR) is 90.0 cm³/mol. The highest BCUT2D eigenvalue weighted by Crippen LogP contribution is 2.49. The summed E-state index contributed by atoms with van der Waals surface area (Å²) < 4.78 is 23.0. The lowest BCUT2D eigenvalue weighted by Gasteiger charge is -2.11. The molecule has 0 spiro atoms. The number of fused-ring (bicyclic) bond motifs is 1. The van der Waals surface area contributed by atoms with Gasteiger partial charge in [0.05, 0.1) is 11.5 Å². The van der Waals surface area contributed by atoms with Crippen molar-refractivity contribution in [3.8, 4) is 0 Å². The highest BCUT2D eigenvalue weighted by Gasteiger charge is 2.45. The number of hydrogen-bond acceptors (Lipinski definition) is 3. The van der Waals surface area contributed by atoms with Gasteiger partial charge in [-0.05, 0) is 35.1 Å². The molecule has 2 aliphatic rings. The van der Waals surface area contributed by atoms with Crippen LogP contribution in [0.4, 0.5) is 0 Å². The number of carbonyl (C=O) groups is 1. The largest absolute Gasteiger partial charge is 0.352 e. The van der Waals surface area contributed by atoms with Crippen molar-refractivity contribution in [1.29, 1.82) is 0 Å². The Bertz CT molecular complexity index is 869. The van der Waals surface area contributed by atoms with E-state index in [0.29, 0.717) is 6.42 Å². The normalized spacial score (nSPS) is 28.6. The first-order valence-electron chi connectivity index (χ1n) is 8.02. The molecule has 2 aromatic rings. The predicted octanol–water partition coefficient (Wildman–Crippen LogP) is 2.25. The molecule has 4 rings (SSSR count). The fourth-order valence-electron chi connectivity index (χ4n) is 3.62.